The third-order valence-electron chi connectivity index (χ3n) is 4.61. The van der Waals surface area contributed by atoms with Crippen molar-refractivity contribution < 1.29 is 5.11 Å². The molecule has 3 heteroatoms. The van der Waals surface area contributed by atoms with Crippen molar-refractivity contribution in [2.24, 2.45) is 0 Å². The van der Waals surface area contributed by atoms with E-state index in [1.807, 2.05) is 6.07 Å². The van der Waals surface area contributed by atoms with Crippen LogP contribution in [0.5, 0.6) is 0 Å². The summed E-state index contributed by atoms with van der Waals surface area (Å²) in [5.41, 5.74) is 1.39. The highest BCUT2D eigenvalue weighted by atomic mass is 16.3. The molecule has 1 spiro atoms. The van der Waals surface area contributed by atoms with Gasteiger partial charge < -0.3 is 10.4 Å². The van der Waals surface area contributed by atoms with Gasteiger partial charge in [-0.3, -0.25) is 4.90 Å². The van der Waals surface area contributed by atoms with Crippen molar-refractivity contribution >= 4 is 0 Å². The molecular formula is C16H24N2O. The summed E-state index contributed by atoms with van der Waals surface area (Å²) in [7, 11) is 0. The molecule has 0 radical (unpaired) electrons. The van der Waals surface area contributed by atoms with E-state index >= 15 is 0 Å². The second kappa shape index (κ2) is 4.58. The quantitative estimate of drug-likeness (QED) is 0.850. The van der Waals surface area contributed by atoms with Gasteiger partial charge in [0.25, 0.3) is 0 Å². The molecule has 3 nitrogen and oxygen atoms in total. The van der Waals surface area contributed by atoms with Gasteiger partial charge >= 0.3 is 0 Å². The van der Waals surface area contributed by atoms with Gasteiger partial charge in [0.15, 0.2) is 0 Å². The smallest absolute Gasteiger partial charge is 0.0861 e. The van der Waals surface area contributed by atoms with E-state index in [4.69, 9.17) is 0 Å². The zero-order valence-electron chi connectivity index (χ0n) is 11.9. The fourth-order valence-corrected chi connectivity index (χ4v) is 3.65. The van der Waals surface area contributed by atoms with Crippen molar-refractivity contribution in [3.05, 3.63) is 35.9 Å². The van der Waals surface area contributed by atoms with E-state index in [0.29, 0.717) is 0 Å². The van der Waals surface area contributed by atoms with Crippen LogP contribution in [0, 0.1) is 0 Å². The molecule has 0 bridgehead atoms. The van der Waals surface area contributed by atoms with Crippen LogP contribution < -0.4 is 5.32 Å². The fourth-order valence-electron chi connectivity index (χ4n) is 3.65. The molecule has 2 unspecified atom stereocenters. The van der Waals surface area contributed by atoms with E-state index in [2.05, 4.69) is 48.3 Å². The molecular weight excluding hydrogens is 236 g/mol. The Morgan fingerprint density at radius 2 is 2.00 bits per heavy atom. The highest BCUT2D eigenvalue weighted by Gasteiger charge is 2.52. The maximum atomic E-state index is 10.5. The molecule has 2 aliphatic rings. The molecule has 2 saturated heterocycles. The Morgan fingerprint density at radius 3 is 2.63 bits per heavy atom. The summed E-state index contributed by atoms with van der Waals surface area (Å²) in [6, 6.07) is 10.5. The minimum absolute atomic E-state index is 0.0850. The molecule has 2 N–H and O–H groups in total. The molecule has 2 aliphatic heterocycles. The van der Waals surface area contributed by atoms with Gasteiger partial charge in [-0.05, 0) is 32.3 Å². The van der Waals surface area contributed by atoms with E-state index in [1.165, 1.54) is 5.56 Å². The van der Waals surface area contributed by atoms with Crippen LogP contribution in [0.4, 0.5) is 0 Å². The summed E-state index contributed by atoms with van der Waals surface area (Å²) in [6.45, 7) is 7.12. The number of nitrogens with zero attached hydrogens (tertiary/aromatic N) is 1. The number of β-amino-alcohol motifs (C(OH)–C–C–N with tert-alkyl or cyclic N) is 1. The predicted molar refractivity (Wildman–Crippen MR) is 76.9 cm³/mol. The first kappa shape index (κ1) is 13.1. The summed E-state index contributed by atoms with van der Waals surface area (Å²) < 4.78 is 0. The molecule has 1 aromatic carbocycles. The summed E-state index contributed by atoms with van der Waals surface area (Å²) >= 11 is 0. The van der Waals surface area contributed by atoms with Crippen LogP contribution >= 0.6 is 0 Å². The molecule has 2 fully saturated rings. The standard InChI is InChI=1S/C16H24N2O/c1-15(2)8-9-16(17-15)12-18(11-14(16)19)10-13-6-4-3-5-7-13/h3-7,14,17,19H,8-12H2,1-2H3. The monoisotopic (exact) mass is 260 g/mol. The van der Waals surface area contributed by atoms with Crippen LogP contribution in [0.1, 0.15) is 32.3 Å². The molecule has 0 saturated carbocycles. The van der Waals surface area contributed by atoms with Gasteiger partial charge in [-0.25, -0.2) is 0 Å². The molecule has 2 atom stereocenters. The molecule has 0 aliphatic carbocycles. The van der Waals surface area contributed by atoms with Gasteiger partial charge in [0.2, 0.25) is 0 Å². The Morgan fingerprint density at radius 1 is 1.26 bits per heavy atom. The SMILES string of the molecule is CC1(C)CCC2(CN(Cc3ccccc3)CC2O)N1. The number of rotatable bonds is 2. The molecule has 3 rings (SSSR count). The van der Waals surface area contributed by atoms with Crippen molar-refractivity contribution in [1.29, 1.82) is 0 Å². The van der Waals surface area contributed by atoms with Crippen LogP contribution in [0.25, 0.3) is 0 Å². The zero-order chi connectivity index (χ0) is 13.5. The Kier molecular flexibility index (Phi) is 3.16. The zero-order valence-corrected chi connectivity index (χ0v) is 11.9. The number of likely N-dealkylation sites (tertiary alicyclic amines) is 1. The minimum Gasteiger partial charge on any atom is -0.390 e. The normalized spacial score (nSPS) is 34.2. The molecule has 0 aromatic heterocycles. The number of aliphatic hydroxyl groups excluding tert-OH is 1. The van der Waals surface area contributed by atoms with Crippen LogP contribution in [0.3, 0.4) is 0 Å². The summed E-state index contributed by atoms with van der Waals surface area (Å²) in [6.07, 6.45) is 1.97. The largest absolute Gasteiger partial charge is 0.390 e. The maximum absolute atomic E-state index is 10.5. The number of hydrogen-bond acceptors (Lipinski definition) is 3. The van der Waals surface area contributed by atoms with Gasteiger partial charge in [0.1, 0.15) is 0 Å². The van der Waals surface area contributed by atoms with Crippen molar-refractivity contribution in [1.82, 2.24) is 10.2 Å². The maximum Gasteiger partial charge on any atom is 0.0861 e. The Balaban J connectivity index is 1.69. The fraction of sp³-hybridized carbons (Fsp3) is 0.625. The topological polar surface area (TPSA) is 35.5 Å². The Bertz CT molecular complexity index is 445. The first-order valence-corrected chi connectivity index (χ1v) is 7.23. The van der Waals surface area contributed by atoms with Crippen molar-refractivity contribution in [3.8, 4) is 0 Å². The number of hydrogen-bond donors (Lipinski definition) is 2. The van der Waals surface area contributed by atoms with Gasteiger partial charge in [-0.15, -0.1) is 0 Å². The highest BCUT2D eigenvalue weighted by Crippen LogP contribution is 2.37. The molecule has 2 heterocycles. The molecule has 104 valence electrons. The van der Waals surface area contributed by atoms with E-state index in [0.717, 1.165) is 32.5 Å². The lowest BCUT2D eigenvalue weighted by Gasteiger charge is -2.31. The number of nitrogens with one attached hydrogen (secondary N) is 1. The van der Waals surface area contributed by atoms with E-state index in [1.54, 1.807) is 0 Å². The summed E-state index contributed by atoms with van der Waals surface area (Å²) in [5, 5.41) is 14.1. The van der Waals surface area contributed by atoms with Crippen LogP contribution in [-0.2, 0) is 6.54 Å². The minimum atomic E-state index is -0.252. The first-order valence-electron chi connectivity index (χ1n) is 7.23. The van der Waals surface area contributed by atoms with Gasteiger partial charge in [-0.1, -0.05) is 30.3 Å². The van der Waals surface area contributed by atoms with Crippen LogP contribution in [-0.4, -0.2) is 40.3 Å². The predicted octanol–water partition coefficient (Wildman–Crippen LogP) is 1.76. The number of benzene rings is 1. The second-order valence-corrected chi connectivity index (χ2v) is 6.84. The van der Waals surface area contributed by atoms with E-state index in [9.17, 15) is 5.11 Å². The lowest BCUT2D eigenvalue weighted by atomic mass is 9.94. The van der Waals surface area contributed by atoms with E-state index in [-0.39, 0.29) is 17.2 Å². The third kappa shape index (κ3) is 2.55. The first-order chi connectivity index (χ1) is 8.99. The van der Waals surface area contributed by atoms with Crippen molar-refractivity contribution in [3.63, 3.8) is 0 Å². The molecule has 1 aromatic rings. The van der Waals surface area contributed by atoms with Gasteiger partial charge in [-0.2, -0.15) is 0 Å². The average molecular weight is 260 g/mol. The molecule has 0 amide bonds. The number of aliphatic hydroxyl groups is 1. The Labute approximate surface area is 115 Å². The lowest BCUT2D eigenvalue weighted by Crippen LogP contribution is -2.55. The van der Waals surface area contributed by atoms with Crippen LogP contribution in [0.15, 0.2) is 30.3 Å². The van der Waals surface area contributed by atoms with Gasteiger partial charge in [0, 0.05) is 25.2 Å². The van der Waals surface area contributed by atoms with Crippen molar-refractivity contribution in [2.45, 2.75) is 50.4 Å². The van der Waals surface area contributed by atoms with Gasteiger partial charge in [0.05, 0.1) is 11.6 Å². The van der Waals surface area contributed by atoms with Crippen LogP contribution in [0.2, 0.25) is 0 Å². The van der Waals surface area contributed by atoms with Crippen molar-refractivity contribution in [2.75, 3.05) is 13.1 Å². The molecule has 19 heavy (non-hydrogen) atoms. The average Bonchev–Trinajstić information content (AvgIpc) is 2.81. The summed E-state index contributed by atoms with van der Waals surface area (Å²) in [4.78, 5) is 2.37. The second-order valence-electron chi connectivity index (χ2n) is 6.84. The summed E-state index contributed by atoms with van der Waals surface area (Å²) in [5.74, 6) is 0. The lowest BCUT2D eigenvalue weighted by molar-refractivity contribution is 0.104. The highest BCUT2D eigenvalue weighted by molar-refractivity contribution is 5.17. The van der Waals surface area contributed by atoms with E-state index < -0.39 is 0 Å². The Hall–Kier alpha value is -0.900. The third-order valence-corrected chi connectivity index (χ3v) is 4.61.